The first kappa shape index (κ1) is 16.4. The van der Waals surface area contributed by atoms with Gasteiger partial charge in [-0.15, -0.1) is 0 Å². The van der Waals surface area contributed by atoms with E-state index in [1.54, 1.807) is 13.8 Å². The topological polar surface area (TPSA) is 103 Å². The number of benzene rings is 1. The number of ether oxygens (including phenoxy) is 2. The van der Waals surface area contributed by atoms with E-state index in [-0.39, 0.29) is 18.1 Å². The van der Waals surface area contributed by atoms with Crippen LogP contribution in [0, 0.1) is 10.1 Å². The second-order valence-electron chi connectivity index (χ2n) is 4.08. The molecule has 0 saturated carbocycles. The number of carbonyl (C=O) groups is 1. The number of esters is 1. The standard InChI is InChI=1S/C13H17N3O5/c1-4-21-13(17)7-9(2)14-15-11-8-10(16(18)19)5-6-12(11)20-3/h5-6,8,15H,4,7H2,1-3H3/b14-9+. The summed E-state index contributed by atoms with van der Waals surface area (Å²) in [5.41, 5.74) is 3.40. The molecule has 0 saturated heterocycles. The Morgan fingerprint density at radius 1 is 1.48 bits per heavy atom. The van der Waals surface area contributed by atoms with Gasteiger partial charge in [-0.05, 0) is 19.9 Å². The number of hydrazone groups is 1. The first-order chi connectivity index (χ1) is 9.97. The fraction of sp³-hybridized carbons (Fsp3) is 0.385. The molecular formula is C13H17N3O5. The summed E-state index contributed by atoms with van der Waals surface area (Å²) in [5.74, 6) is 0.0276. The highest BCUT2D eigenvalue weighted by atomic mass is 16.6. The normalized spacial score (nSPS) is 10.9. The Morgan fingerprint density at radius 3 is 2.76 bits per heavy atom. The molecule has 8 nitrogen and oxygen atoms in total. The first-order valence-electron chi connectivity index (χ1n) is 6.25. The van der Waals surface area contributed by atoms with Gasteiger partial charge in [-0.1, -0.05) is 0 Å². The van der Waals surface area contributed by atoms with Crippen molar-refractivity contribution >= 4 is 23.1 Å². The first-order valence-corrected chi connectivity index (χ1v) is 6.25. The van der Waals surface area contributed by atoms with Crippen LogP contribution in [0.4, 0.5) is 11.4 Å². The number of nitrogens with zero attached hydrogens (tertiary/aromatic N) is 2. The van der Waals surface area contributed by atoms with Gasteiger partial charge in [-0.2, -0.15) is 5.10 Å². The van der Waals surface area contributed by atoms with E-state index in [4.69, 9.17) is 9.47 Å². The summed E-state index contributed by atoms with van der Waals surface area (Å²) in [4.78, 5) is 21.5. The van der Waals surface area contributed by atoms with Crippen molar-refractivity contribution in [3.63, 3.8) is 0 Å². The fourth-order valence-corrected chi connectivity index (χ4v) is 1.51. The zero-order valence-corrected chi connectivity index (χ0v) is 12.1. The summed E-state index contributed by atoms with van der Waals surface area (Å²) >= 11 is 0. The molecule has 0 atom stereocenters. The molecule has 1 rings (SSSR count). The molecule has 1 aromatic carbocycles. The molecule has 21 heavy (non-hydrogen) atoms. The van der Waals surface area contributed by atoms with E-state index >= 15 is 0 Å². The van der Waals surface area contributed by atoms with Crippen LogP contribution in [0.15, 0.2) is 23.3 Å². The highest BCUT2D eigenvalue weighted by Crippen LogP contribution is 2.28. The average Bonchev–Trinajstić information content (AvgIpc) is 2.44. The zero-order valence-electron chi connectivity index (χ0n) is 12.1. The van der Waals surface area contributed by atoms with Crippen LogP contribution in [0.3, 0.4) is 0 Å². The van der Waals surface area contributed by atoms with Crippen molar-refractivity contribution in [2.24, 2.45) is 5.10 Å². The SMILES string of the molecule is CCOC(=O)C/C(C)=N/Nc1cc([N+](=O)[O-])ccc1OC. The molecule has 0 aromatic heterocycles. The van der Waals surface area contributed by atoms with Crippen LogP contribution in [-0.4, -0.2) is 30.3 Å². The lowest BCUT2D eigenvalue weighted by molar-refractivity contribution is -0.384. The summed E-state index contributed by atoms with van der Waals surface area (Å²) in [6.45, 7) is 3.67. The second kappa shape index (κ2) is 7.83. The number of nitro groups is 1. The smallest absolute Gasteiger partial charge is 0.311 e. The van der Waals surface area contributed by atoms with E-state index in [0.29, 0.717) is 23.8 Å². The van der Waals surface area contributed by atoms with Gasteiger partial charge in [0.1, 0.15) is 11.4 Å². The van der Waals surface area contributed by atoms with Crippen molar-refractivity contribution in [1.29, 1.82) is 0 Å². The van der Waals surface area contributed by atoms with Crippen molar-refractivity contribution in [3.05, 3.63) is 28.3 Å². The van der Waals surface area contributed by atoms with Gasteiger partial charge in [0.2, 0.25) is 0 Å². The molecule has 8 heteroatoms. The van der Waals surface area contributed by atoms with Crippen LogP contribution >= 0.6 is 0 Å². The molecule has 0 unspecified atom stereocenters. The number of methoxy groups -OCH3 is 1. The predicted octanol–water partition coefficient (Wildman–Crippen LogP) is 2.34. The maximum atomic E-state index is 11.3. The Morgan fingerprint density at radius 2 is 2.19 bits per heavy atom. The van der Waals surface area contributed by atoms with Gasteiger partial charge in [0.25, 0.3) is 5.69 Å². The fourth-order valence-electron chi connectivity index (χ4n) is 1.51. The van der Waals surface area contributed by atoms with Crippen molar-refractivity contribution in [2.75, 3.05) is 19.1 Å². The van der Waals surface area contributed by atoms with E-state index in [1.807, 2.05) is 0 Å². The maximum absolute atomic E-state index is 11.3. The van der Waals surface area contributed by atoms with E-state index < -0.39 is 4.92 Å². The molecule has 0 aliphatic rings. The van der Waals surface area contributed by atoms with Crippen molar-refractivity contribution in [2.45, 2.75) is 20.3 Å². The minimum absolute atomic E-state index is 0.0398. The summed E-state index contributed by atoms with van der Waals surface area (Å²) in [6, 6.07) is 4.11. The lowest BCUT2D eigenvalue weighted by atomic mass is 10.2. The Hall–Kier alpha value is -2.64. The van der Waals surface area contributed by atoms with E-state index in [9.17, 15) is 14.9 Å². The van der Waals surface area contributed by atoms with Gasteiger partial charge in [0.15, 0.2) is 0 Å². The number of nitro benzene ring substituents is 1. The van der Waals surface area contributed by atoms with Gasteiger partial charge in [-0.25, -0.2) is 0 Å². The number of rotatable bonds is 7. The molecule has 0 heterocycles. The summed E-state index contributed by atoms with van der Waals surface area (Å²) in [5, 5.41) is 14.7. The predicted molar refractivity (Wildman–Crippen MR) is 77.6 cm³/mol. The minimum atomic E-state index is -0.514. The van der Waals surface area contributed by atoms with Crippen LogP contribution < -0.4 is 10.2 Å². The number of hydrogen-bond acceptors (Lipinski definition) is 7. The summed E-state index contributed by atoms with van der Waals surface area (Å²) in [6.07, 6.45) is 0.0398. The molecule has 0 fully saturated rings. The quantitative estimate of drug-likeness (QED) is 0.358. The zero-order chi connectivity index (χ0) is 15.8. The van der Waals surface area contributed by atoms with Gasteiger partial charge in [0.05, 0.1) is 25.1 Å². The molecule has 0 spiro atoms. The largest absolute Gasteiger partial charge is 0.495 e. The Kier molecular flexibility index (Phi) is 6.12. The number of carbonyl (C=O) groups excluding carboxylic acids is 1. The van der Waals surface area contributed by atoms with Gasteiger partial charge >= 0.3 is 5.97 Å². The minimum Gasteiger partial charge on any atom is -0.495 e. The lowest BCUT2D eigenvalue weighted by Gasteiger charge is -2.08. The molecular weight excluding hydrogens is 278 g/mol. The molecule has 1 N–H and O–H groups in total. The van der Waals surface area contributed by atoms with E-state index in [2.05, 4.69) is 10.5 Å². The molecule has 114 valence electrons. The third kappa shape index (κ3) is 5.09. The highest BCUT2D eigenvalue weighted by Gasteiger charge is 2.11. The molecule has 0 amide bonds. The van der Waals surface area contributed by atoms with Crippen LogP contribution in [0.25, 0.3) is 0 Å². The molecule has 0 bridgehead atoms. The average molecular weight is 295 g/mol. The number of nitrogens with one attached hydrogen (secondary N) is 1. The van der Waals surface area contributed by atoms with Gasteiger partial charge < -0.3 is 9.47 Å². The van der Waals surface area contributed by atoms with Crippen LogP contribution in [0.5, 0.6) is 5.75 Å². The molecule has 0 aliphatic carbocycles. The molecule has 0 radical (unpaired) electrons. The third-order valence-corrected chi connectivity index (χ3v) is 2.47. The molecule has 0 aliphatic heterocycles. The Labute approximate surface area is 121 Å². The number of anilines is 1. The van der Waals surface area contributed by atoms with Crippen molar-refractivity contribution < 1.29 is 19.2 Å². The second-order valence-corrected chi connectivity index (χ2v) is 4.08. The summed E-state index contributed by atoms with van der Waals surface area (Å²) < 4.78 is 9.88. The molecule has 1 aromatic rings. The van der Waals surface area contributed by atoms with E-state index in [1.165, 1.54) is 25.3 Å². The van der Waals surface area contributed by atoms with Crippen molar-refractivity contribution in [3.8, 4) is 5.75 Å². The third-order valence-electron chi connectivity index (χ3n) is 2.47. The van der Waals surface area contributed by atoms with Gasteiger partial charge in [-0.3, -0.25) is 20.3 Å². The van der Waals surface area contributed by atoms with Crippen LogP contribution in [-0.2, 0) is 9.53 Å². The Balaban J connectivity index is 2.83. The van der Waals surface area contributed by atoms with Crippen molar-refractivity contribution in [1.82, 2.24) is 0 Å². The summed E-state index contributed by atoms with van der Waals surface area (Å²) in [7, 11) is 1.45. The monoisotopic (exact) mass is 295 g/mol. The number of non-ortho nitro benzene ring substituents is 1. The van der Waals surface area contributed by atoms with Crippen LogP contribution in [0.2, 0.25) is 0 Å². The highest BCUT2D eigenvalue weighted by molar-refractivity contribution is 5.97. The van der Waals surface area contributed by atoms with Crippen LogP contribution in [0.1, 0.15) is 20.3 Å². The van der Waals surface area contributed by atoms with E-state index in [0.717, 1.165) is 0 Å². The maximum Gasteiger partial charge on any atom is 0.311 e. The lowest BCUT2D eigenvalue weighted by Crippen LogP contribution is -2.10. The Bertz CT molecular complexity index is 557. The number of hydrogen-bond donors (Lipinski definition) is 1. The van der Waals surface area contributed by atoms with Gasteiger partial charge in [0, 0.05) is 17.8 Å².